The first-order valence-corrected chi connectivity index (χ1v) is 5.35. The standard InChI is InChI=1S/C8H5Br2N3O/c9-5-1-2-7(6(10)3-5)13-8(14)11-4-12-13/h1-4H,(H,11,12,14). The quantitative estimate of drug-likeness (QED) is 0.875. The highest BCUT2D eigenvalue weighted by Gasteiger charge is 2.05. The second-order valence-electron chi connectivity index (χ2n) is 2.60. The largest absolute Gasteiger partial charge is 0.347 e. The van der Waals surface area contributed by atoms with Crippen molar-refractivity contribution in [3.8, 4) is 5.69 Å². The number of rotatable bonds is 1. The smallest absolute Gasteiger partial charge is 0.295 e. The first kappa shape index (κ1) is 9.67. The van der Waals surface area contributed by atoms with Crippen LogP contribution in [-0.4, -0.2) is 14.8 Å². The Morgan fingerprint density at radius 2 is 2.14 bits per heavy atom. The number of nitrogens with zero attached hydrogens (tertiary/aromatic N) is 2. The molecule has 0 saturated carbocycles. The van der Waals surface area contributed by atoms with Crippen LogP contribution >= 0.6 is 31.9 Å². The molecule has 14 heavy (non-hydrogen) atoms. The van der Waals surface area contributed by atoms with Gasteiger partial charge < -0.3 is 0 Å². The molecule has 0 bridgehead atoms. The van der Waals surface area contributed by atoms with Gasteiger partial charge in [0.1, 0.15) is 6.33 Å². The van der Waals surface area contributed by atoms with Crippen LogP contribution in [0, 0.1) is 0 Å². The van der Waals surface area contributed by atoms with E-state index in [4.69, 9.17) is 0 Å². The van der Waals surface area contributed by atoms with Gasteiger partial charge in [0.05, 0.1) is 5.69 Å². The lowest BCUT2D eigenvalue weighted by Gasteiger charge is -2.02. The molecule has 0 amide bonds. The summed E-state index contributed by atoms with van der Waals surface area (Å²) in [5.74, 6) is 0. The third-order valence-electron chi connectivity index (χ3n) is 1.69. The molecule has 1 aromatic heterocycles. The summed E-state index contributed by atoms with van der Waals surface area (Å²) in [5, 5.41) is 3.88. The molecule has 0 aliphatic rings. The van der Waals surface area contributed by atoms with E-state index in [1.54, 1.807) is 6.07 Å². The van der Waals surface area contributed by atoms with Crippen molar-refractivity contribution in [2.24, 2.45) is 0 Å². The Morgan fingerprint density at radius 1 is 1.36 bits per heavy atom. The number of aromatic nitrogens is 3. The molecular weight excluding hydrogens is 314 g/mol. The van der Waals surface area contributed by atoms with Crippen LogP contribution in [0.2, 0.25) is 0 Å². The van der Waals surface area contributed by atoms with Gasteiger partial charge in [0.2, 0.25) is 0 Å². The summed E-state index contributed by atoms with van der Waals surface area (Å²) in [5.41, 5.74) is 0.451. The summed E-state index contributed by atoms with van der Waals surface area (Å²) >= 11 is 6.69. The molecule has 6 heteroatoms. The lowest BCUT2D eigenvalue weighted by Crippen LogP contribution is -2.16. The molecule has 2 aromatic rings. The highest BCUT2D eigenvalue weighted by molar-refractivity contribution is 9.11. The summed E-state index contributed by atoms with van der Waals surface area (Å²) < 4.78 is 3.04. The maximum Gasteiger partial charge on any atom is 0.347 e. The van der Waals surface area contributed by atoms with E-state index < -0.39 is 0 Å². The average molecular weight is 319 g/mol. The Balaban J connectivity index is 2.63. The van der Waals surface area contributed by atoms with Crippen molar-refractivity contribution in [2.75, 3.05) is 0 Å². The molecule has 1 aromatic carbocycles. The van der Waals surface area contributed by atoms with Gasteiger partial charge in [-0.3, -0.25) is 4.98 Å². The Bertz CT molecular complexity index is 517. The third kappa shape index (κ3) is 1.67. The Kier molecular flexibility index (Phi) is 2.56. The van der Waals surface area contributed by atoms with Crippen LogP contribution in [0.3, 0.4) is 0 Å². The fourth-order valence-electron chi connectivity index (χ4n) is 1.08. The third-order valence-corrected chi connectivity index (χ3v) is 2.82. The minimum Gasteiger partial charge on any atom is -0.295 e. The van der Waals surface area contributed by atoms with Crippen LogP contribution in [0.25, 0.3) is 5.69 Å². The normalized spacial score (nSPS) is 10.4. The van der Waals surface area contributed by atoms with E-state index >= 15 is 0 Å². The highest BCUT2D eigenvalue weighted by Crippen LogP contribution is 2.23. The SMILES string of the molecule is O=c1[nH]cnn1-c1ccc(Br)cc1Br. The van der Waals surface area contributed by atoms with E-state index in [0.29, 0.717) is 5.69 Å². The van der Waals surface area contributed by atoms with Gasteiger partial charge in [-0.15, -0.1) is 0 Å². The number of benzene rings is 1. The molecule has 2 rings (SSSR count). The Hall–Kier alpha value is -0.880. The van der Waals surface area contributed by atoms with Crippen LogP contribution in [0.1, 0.15) is 0 Å². The molecule has 0 unspecified atom stereocenters. The van der Waals surface area contributed by atoms with E-state index in [9.17, 15) is 4.79 Å². The van der Waals surface area contributed by atoms with Crippen molar-refractivity contribution >= 4 is 31.9 Å². The molecule has 4 nitrogen and oxygen atoms in total. The summed E-state index contributed by atoms with van der Waals surface area (Å²) in [4.78, 5) is 13.7. The van der Waals surface area contributed by atoms with Gasteiger partial charge in [0, 0.05) is 8.95 Å². The number of aromatic amines is 1. The molecule has 0 aliphatic carbocycles. The molecule has 1 N–H and O–H groups in total. The maximum atomic E-state index is 11.3. The number of hydrogen-bond donors (Lipinski definition) is 1. The number of nitrogens with one attached hydrogen (secondary N) is 1. The first-order valence-electron chi connectivity index (χ1n) is 3.76. The molecular formula is C8H5Br2N3O. The molecule has 0 atom stereocenters. The van der Waals surface area contributed by atoms with Crippen LogP contribution < -0.4 is 5.69 Å². The molecule has 0 saturated heterocycles. The van der Waals surface area contributed by atoms with Gasteiger partial charge in [-0.05, 0) is 34.1 Å². The predicted molar refractivity (Wildman–Crippen MR) is 59.6 cm³/mol. The average Bonchev–Trinajstić information content (AvgIpc) is 2.52. The monoisotopic (exact) mass is 317 g/mol. The van der Waals surface area contributed by atoms with Crippen molar-refractivity contribution in [3.63, 3.8) is 0 Å². The lowest BCUT2D eigenvalue weighted by atomic mass is 10.3. The first-order chi connectivity index (χ1) is 6.68. The summed E-state index contributed by atoms with van der Waals surface area (Å²) in [6.45, 7) is 0. The minimum atomic E-state index is -0.256. The zero-order valence-corrected chi connectivity index (χ0v) is 10.0. The van der Waals surface area contributed by atoms with Crippen molar-refractivity contribution in [1.29, 1.82) is 0 Å². The maximum absolute atomic E-state index is 11.3. The van der Waals surface area contributed by atoms with Gasteiger partial charge in [0.15, 0.2) is 0 Å². The number of hydrogen-bond acceptors (Lipinski definition) is 2. The van der Waals surface area contributed by atoms with Crippen LogP contribution in [0.4, 0.5) is 0 Å². The number of halogens is 2. The molecule has 0 aliphatic heterocycles. The second kappa shape index (κ2) is 3.70. The predicted octanol–water partition coefficient (Wildman–Crippen LogP) is 2.09. The van der Waals surface area contributed by atoms with Gasteiger partial charge >= 0.3 is 5.69 Å². The molecule has 72 valence electrons. The van der Waals surface area contributed by atoms with Gasteiger partial charge in [-0.25, -0.2) is 4.79 Å². The van der Waals surface area contributed by atoms with Gasteiger partial charge in [-0.1, -0.05) is 15.9 Å². The highest BCUT2D eigenvalue weighted by atomic mass is 79.9. The summed E-state index contributed by atoms with van der Waals surface area (Å²) in [6.07, 6.45) is 1.36. The molecule has 0 spiro atoms. The van der Waals surface area contributed by atoms with E-state index in [1.165, 1.54) is 11.0 Å². The summed E-state index contributed by atoms with van der Waals surface area (Å²) in [7, 11) is 0. The van der Waals surface area contributed by atoms with Crippen LogP contribution in [0.5, 0.6) is 0 Å². The van der Waals surface area contributed by atoms with Crippen molar-refractivity contribution in [2.45, 2.75) is 0 Å². The van der Waals surface area contributed by atoms with E-state index in [1.807, 2.05) is 12.1 Å². The zero-order chi connectivity index (χ0) is 10.1. The minimum absolute atomic E-state index is 0.256. The Morgan fingerprint density at radius 3 is 2.71 bits per heavy atom. The lowest BCUT2D eigenvalue weighted by molar-refractivity contribution is 0.838. The summed E-state index contributed by atoms with van der Waals surface area (Å²) in [6, 6.07) is 5.51. The molecule has 1 heterocycles. The molecule has 0 fully saturated rings. The topological polar surface area (TPSA) is 50.7 Å². The second-order valence-corrected chi connectivity index (χ2v) is 4.37. The molecule has 0 radical (unpaired) electrons. The fraction of sp³-hybridized carbons (Fsp3) is 0. The van der Waals surface area contributed by atoms with Crippen molar-refractivity contribution in [3.05, 3.63) is 44.0 Å². The number of H-pyrrole nitrogens is 1. The van der Waals surface area contributed by atoms with E-state index in [-0.39, 0.29) is 5.69 Å². The van der Waals surface area contributed by atoms with Crippen LogP contribution in [-0.2, 0) is 0 Å². The van der Waals surface area contributed by atoms with Gasteiger partial charge in [-0.2, -0.15) is 9.78 Å². The van der Waals surface area contributed by atoms with Gasteiger partial charge in [0.25, 0.3) is 0 Å². The fourth-order valence-corrected chi connectivity index (χ4v) is 2.30. The van der Waals surface area contributed by atoms with Crippen LogP contribution in [0.15, 0.2) is 38.3 Å². The van der Waals surface area contributed by atoms with Crippen molar-refractivity contribution in [1.82, 2.24) is 14.8 Å². The van der Waals surface area contributed by atoms with E-state index in [0.717, 1.165) is 8.95 Å². The zero-order valence-electron chi connectivity index (χ0n) is 6.87. The van der Waals surface area contributed by atoms with Crippen molar-refractivity contribution < 1.29 is 0 Å². The Labute approximate surface area is 96.2 Å². The van der Waals surface area contributed by atoms with E-state index in [2.05, 4.69) is 41.9 Å².